The summed E-state index contributed by atoms with van der Waals surface area (Å²) < 4.78 is 0. The van der Waals surface area contributed by atoms with E-state index in [1.54, 1.807) is 12.1 Å². The zero-order valence-electron chi connectivity index (χ0n) is 9.72. The molecule has 0 radical (unpaired) electrons. The van der Waals surface area contributed by atoms with E-state index in [2.05, 4.69) is 6.92 Å². The summed E-state index contributed by atoms with van der Waals surface area (Å²) in [4.78, 5) is 10.3. The zero-order chi connectivity index (χ0) is 12.1. The molecule has 1 aromatic carbocycles. The van der Waals surface area contributed by atoms with Gasteiger partial charge in [-0.2, -0.15) is 0 Å². The molecule has 0 aliphatic carbocycles. The summed E-state index contributed by atoms with van der Waals surface area (Å²) in [6, 6.07) is 6.89. The summed E-state index contributed by atoms with van der Waals surface area (Å²) in [5.74, 6) is 0.377. The molecule has 4 heteroatoms. The van der Waals surface area contributed by atoms with E-state index in [4.69, 9.17) is 5.73 Å². The van der Waals surface area contributed by atoms with Crippen LogP contribution in [0, 0.1) is 16.0 Å². The molecule has 2 atom stereocenters. The molecule has 1 aromatic rings. The van der Waals surface area contributed by atoms with E-state index in [0.717, 1.165) is 18.4 Å². The van der Waals surface area contributed by atoms with Crippen LogP contribution in [0.4, 0.5) is 5.69 Å². The molecule has 16 heavy (non-hydrogen) atoms. The maximum Gasteiger partial charge on any atom is 0.269 e. The number of benzene rings is 1. The Balaban J connectivity index is 2.80. The van der Waals surface area contributed by atoms with E-state index >= 15 is 0 Å². The molecule has 0 saturated carbocycles. The van der Waals surface area contributed by atoms with E-state index < -0.39 is 0 Å². The van der Waals surface area contributed by atoms with Crippen LogP contribution in [0.2, 0.25) is 0 Å². The van der Waals surface area contributed by atoms with Crippen LogP contribution in [0.5, 0.6) is 0 Å². The van der Waals surface area contributed by atoms with E-state index in [1.807, 2.05) is 13.0 Å². The normalized spacial score (nSPS) is 14.4. The minimum absolute atomic E-state index is 0.115. The van der Waals surface area contributed by atoms with Crippen LogP contribution in [0.1, 0.15) is 25.8 Å². The van der Waals surface area contributed by atoms with Crippen LogP contribution >= 0.6 is 0 Å². The third kappa shape index (κ3) is 3.31. The average Bonchev–Trinajstić information content (AvgIpc) is 2.25. The van der Waals surface area contributed by atoms with Crippen LogP contribution in [-0.2, 0) is 6.42 Å². The lowest BCUT2D eigenvalue weighted by Gasteiger charge is -2.18. The molecule has 1 rings (SSSR count). The molecule has 0 saturated heterocycles. The molecule has 88 valence electrons. The summed E-state index contributed by atoms with van der Waals surface area (Å²) in [6.07, 6.45) is 1.79. The molecule has 0 bridgehead atoms. The van der Waals surface area contributed by atoms with Gasteiger partial charge in [0.05, 0.1) is 4.92 Å². The van der Waals surface area contributed by atoms with Gasteiger partial charge in [-0.1, -0.05) is 25.5 Å². The SMILES string of the molecule is CCC(Cc1cccc([N+](=O)[O-])c1)C(C)N. The van der Waals surface area contributed by atoms with Gasteiger partial charge < -0.3 is 5.73 Å². The Morgan fingerprint density at radius 3 is 2.69 bits per heavy atom. The third-order valence-corrected chi connectivity index (χ3v) is 2.89. The lowest BCUT2D eigenvalue weighted by Crippen LogP contribution is -2.27. The van der Waals surface area contributed by atoms with Crippen molar-refractivity contribution in [1.29, 1.82) is 0 Å². The highest BCUT2D eigenvalue weighted by atomic mass is 16.6. The van der Waals surface area contributed by atoms with E-state index in [9.17, 15) is 10.1 Å². The second-order valence-electron chi connectivity index (χ2n) is 4.16. The van der Waals surface area contributed by atoms with Crippen LogP contribution < -0.4 is 5.73 Å². The zero-order valence-corrected chi connectivity index (χ0v) is 9.72. The molecule has 0 amide bonds. The van der Waals surface area contributed by atoms with Gasteiger partial charge >= 0.3 is 0 Å². The van der Waals surface area contributed by atoms with Gasteiger partial charge in [-0.25, -0.2) is 0 Å². The van der Waals surface area contributed by atoms with Crippen molar-refractivity contribution >= 4 is 5.69 Å². The standard InChI is InChI=1S/C12H18N2O2/c1-3-11(9(2)13)7-10-5-4-6-12(8-10)14(15)16/h4-6,8-9,11H,3,7,13H2,1-2H3. The van der Waals surface area contributed by atoms with Crippen LogP contribution in [0.15, 0.2) is 24.3 Å². The van der Waals surface area contributed by atoms with Gasteiger partial charge in [-0.05, 0) is 24.8 Å². The van der Waals surface area contributed by atoms with Crippen molar-refractivity contribution in [3.8, 4) is 0 Å². The van der Waals surface area contributed by atoms with Gasteiger partial charge in [-0.15, -0.1) is 0 Å². The third-order valence-electron chi connectivity index (χ3n) is 2.89. The monoisotopic (exact) mass is 222 g/mol. The first-order valence-electron chi connectivity index (χ1n) is 5.53. The first kappa shape index (κ1) is 12.6. The predicted octanol–water partition coefficient (Wildman–Crippen LogP) is 2.51. The van der Waals surface area contributed by atoms with Crippen molar-refractivity contribution in [2.24, 2.45) is 11.7 Å². The lowest BCUT2D eigenvalue weighted by molar-refractivity contribution is -0.384. The van der Waals surface area contributed by atoms with Crippen molar-refractivity contribution in [2.75, 3.05) is 0 Å². The molecule has 4 nitrogen and oxygen atoms in total. The second-order valence-corrected chi connectivity index (χ2v) is 4.16. The van der Waals surface area contributed by atoms with E-state index in [0.29, 0.717) is 5.92 Å². The van der Waals surface area contributed by atoms with Crippen molar-refractivity contribution in [3.63, 3.8) is 0 Å². The van der Waals surface area contributed by atoms with Crippen LogP contribution in [-0.4, -0.2) is 11.0 Å². The minimum Gasteiger partial charge on any atom is -0.328 e. The van der Waals surface area contributed by atoms with Gasteiger partial charge in [0.1, 0.15) is 0 Å². The maximum absolute atomic E-state index is 10.6. The number of nitrogens with zero attached hydrogens (tertiary/aromatic N) is 1. The summed E-state index contributed by atoms with van der Waals surface area (Å²) in [6.45, 7) is 4.07. The Kier molecular flexibility index (Phi) is 4.43. The molecule has 0 aromatic heterocycles. The van der Waals surface area contributed by atoms with Crippen molar-refractivity contribution in [1.82, 2.24) is 0 Å². The summed E-state index contributed by atoms with van der Waals surface area (Å²) in [5.41, 5.74) is 6.99. The lowest BCUT2D eigenvalue weighted by atomic mass is 9.91. The summed E-state index contributed by atoms with van der Waals surface area (Å²) >= 11 is 0. The molecule has 0 aliphatic heterocycles. The quantitative estimate of drug-likeness (QED) is 0.614. The number of non-ortho nitro benzene ring substituents is 1. The van der Waals surface area contributed by atoms with Gasteiger partial charge in [-0.3, -0.25) is 10.1 Å². The number of rotatable bonds is 5. The number of nitrogens with two attached hydrogens (primary N) is 1. The highest BCUT2D eigenvalue weighted by Gasteiger charge is 2.14. The number of hydrogen-bond donors (Lipinski definition) is 1. The number of hydrogen-bond acceptors (Lipinski definition) is 3. The predicted molar refractivity (Wildman–Crippen MR) is 64.2 cm³/mol. The molecule has 0 fully saturated rings. The Labute approximate surface area is 95.6 Å². The van der Waals surface area contributed by atoms with E-state index in [1.165, 1.54) is 6.07 Å². The molecule has 2 N–H and O–H groups in total. The second kappa shape index (κ2) is 5.61. The van der Waals surface area contributed by atoms with Gasteiger partial charge in [0.2, 0.25) is 0 Å². The maximum atomic E-state index is 10.6. The molecule has 0 spiro atoms. The van der Waals surface area contributed by atoms with Crippen molar-refractivity contribution in [3.05, 3.63) is 39.9 Å². The topological polar surface area (TPSA) is 69.2 Å². The van der Waals surface area contributed by atoms with Gasteiger partial charge in [0.25, 0.3) is 5.69 Å². The smallest absolute Gasteiger partial charge is 0.269 e. The fourth-order valence-electron chi connectivity index (χ4n) is 1.80. The summed E-state index contributed by atoms with van der Waals surface area (Å²) in [5, 5.41) is 10.6. The fourth-order valence-corrected chi connectivity index (χ4v) is 1.80. The Morgan fingerprint density at radius 1 is 1.50 bits per heavy atom. The fraction of sp³-hybridized carbons (Fsp3) is 0.500. The van der Waals surface area contributed by atoms with Gasteiger partial charge in [0.15, 0.2) is 0 Å². The van der Waals surface area contributed by atoms with Crippen LogP contribution in [0.3, 0.4) is 0 Å². The highest BCUT2D eigenvalue weighted by Crippen LogP contribution is 2.19. The Bertz CT molecular complexity index is 364. The molecular weight excluding hydrogens is 204 g/mol. The minimum atomic E-state index is -0.365. The molecule has 2 unspecified atom stereocenters. The molecule has 0 aliphatic rings. The Morgan fingerprint density at radius 2 is 2.19 bits per heavy atom. The number of nitro groups is 1. The van der Waals surface area contributed by atoms with Gasteiger partial charge in [0, 0.05) is 18.2 Å². The highest BCUT2D eigenvalue weighted by molar-refractivity contribution is 5.34. The summed E-state index contributed by atoms with van der Waals surface area (Å²) in [7, 11) is 0. The van der Waals surface area contributed by atoms with Crippen molar-refractivity contribution < 1.29 is 4.92 Å². The van der Waals surface area contributed by atoms with Crippen molar-refractivity contribution in [2.45, 2.75) is 32.7 Å². The molecule has 0 heterocycles. The first-order chi connectivity index (χ1) is 7.54. The number of nitro benzene ring substituents is 1. The average molecular weight is 222 g/mol. The van der Waals surface area contributed by atoms with E-state index in [-0.39, 0.29) is 16.7 Å². The Hall–Kier alpha value is -1.42. The molecular formula is C12H18N2O2. The first-order valence-corrected chi connectivity index (χ1v) is 5.53. The largest absolute Gasteiger partial charge is 0.328 e. The van der Waals surface area contributed by atoms with Crippen LogP contribution in [0.25, 0.3) is 0 Å².